The predicted molar refractivity (Wildman–Crippen MR) is 77.7 cm³/mol. The molecule has 0 bridgehead atoms. The van der Waals surface area contributed by atoms with Gasteiger partial charge in [0.2, 0.25) is 0 Å². The van der Waals surface area contributed by atoms with Gasteiger partial charge in [-0.2, -0.15) is 0 Å². The van der Waals surface area contributed by atoms with Gasteiger partial charge in [0.05, 0.1) is 7.11 Å². The molecule has 1 saturated heterocycles. The predicted octanol–water partition coefficient (Wildman–Crippen LogP) is 2.14. The Morgan fingerprint density at radius 1 is 1.26 bits per heavy atom. The highest BCUT2D eigenvalue weighted by Gasteiger charge is 2.20. The van der Waals surface area contributed by atoms with Crippen LogP contribution in [0.15, 0.2) is 24.4 Å². The van der Waals surface area contributed by atoms with Crippen LogP contribution in [-0.2, 0) is 0 Å². The van der Waals surface area contributed by atoms with E-state index in [0.717, 1.165) is 31.9 Å². The maximum atomic E-state index is 5.33. The van der Waals surface area contributed by atoms with Gasteiger partial charge < -0.3 is 15.0 Å². The summed E-state index contributed by atoms with van der Waals surface area (Å²) >= 11 is 0. The summed E-state index contributed by atoms with van der Waals surface area (Å²) in [6.45, 7) is 6.66. The molecule has 1 atom stereocenters. The first-order chi connectivity index (χ1) is 9.29. The molecule has 0 aliphatic carbocycles. The van der Waals surface area contributed by atoms with Gasteiger partial charge in [0.15, 0.2) is 0 Å². The van der Waals surface area contributed by atoms with Crippen molar-refractivity contribution in [3.8, 4) is 5.75 Å². The molecule has 4 heteroatoms. The Morgan fingerprint density at radius 3 is 2.79 bits per heavy atom. The van der Waals surface area contributed by atoms with Crippen LogP contribution in [0.25, 0.3) is 10.9 Å². The number of fused-ring (bicyclic) bond motifs is 1. The number of aromatic nitrogens is 1. The lowest BCUT2D eigenvalue weighted by Gasteiger charge is -2.32. The summed E-state index contributed by atoms with van der Waals surface area (Å²) in [6, 6.07) is 6.64. The molecule has 2 N–H and O–H groups in total. The highest BCUT2D eigenvalue weighted by atomic mass is 16.5. The topological polar surface area (TPSA) is 40.3 Å². The second-order valence-electron chi connectivity index (χ2n) is 5.12. The van der Waals surface area contributed by atoms with E-state index in [1.54, 1.807) is 7.11 Å². The smallest absolute Gasteiger partial charge is 0.119 e. The van der Waals surface area contributed by atoms with Crippen LogP contribution in [0.2, 0.25) is 0 Å². The molecule has 1 aromatic carbocycles. The third-order valence-electron chi connectivity index (χ3n) is 4.07. The van der Waals surface area contributed by atoms with E-state index in [4.69, 9.17) is 4.74 Å². The van der Waals surface area contributed by atoms with Crippen LogP contribution >= 0.6 is 0 Å². The molecule has 0 spiro atoms. The Labute approximate surface area is 113 Å². The van der Waals surface area contributed by atoms with E-state index in [-0.39, 0.29) is 0 Å². The summed E-state index contributed by atoms with van der Waals surface area (Å²) in [5, 5.41) is 4.67. The minimum absolute atomic E-state index is 0.433. The number of ether oxygens (including phenoxy) is 1. The van der Waals surface area contributed by atoms with Crippen LogP contribution in [0.3, 0.4) is 0 Å². The molecule has 1 fully saturated rings. The second kappa shape index (κ2) is 5.23. The molecule has 2 heterocycles. The van der Waals surface area contributed by atoms with Crippen molar-refractivity contribution in [3.63, 3.8) is 0 Å². The number of aromatic amines is 1. The van der Waals surface area contributed by atoms with E-state index < -0.39 is 0 Å². The van der Waals surface area contributed by atoms with E-state index in [1.165, 1.54) is 16.5 Å². The van der Waals surface area contributed by atoms with Gasteiger partial charge in [-0.1, -0.05) is 0 Å². The number of methoxy groups -OCH3 is 1. The van der Waals surface area contributed by atoms with E-state index >= 15 is 0 Å². The molecule has 0 saturated carbocycles. The quantitative estimate of drug-likeness (QED) is 0.887. The van der Waals surface area contributed by atoms with Crippen molar-refractivity contribution in [2.75, 3.05) is 33.3 Å². The second-order valence-corrected chi connectivity index (χ2v) is 5.12. The summed E-state index contributed by atoms with van der Waals surface area (Å²) in [5.74, 6) is 0.917. The van der Waals surface area contributed by atoms with Gasteiger partial charge in [-0.05, 0) is 30.7 Å². The molecule has 102 valence electrons. The number of piperazine rings is 1. The molecule has 19 heavy (non-hydrogen) atoms. The van der Waals surface area contributed by atoms with E-state index in [2.05, 4.69) is 40.5 Å². The zero-order chi connectivity index (χ0) is 13.2. The summed E-state index contributed by atoms with van der Waals surface area (Å²) < 4.78 is 5.33. The number of nitrogens with one attached hydrogen (secondary N) is 2. The number of hydrogen-bond acceptors (Lipinski definition) is 3. The molecule has 0 radical (unpaired) electrons. The molecule has 4 nitrogen and oxygen atoms in total. The minimum Gasteiger partial charge on any atom is -0.497 e. The van der Waals surface area contributed by atoms with Gasteiger partial charge in [0, 0.05) is 49.3 Å². The SMILES string of the molecule is COc1ccc2[nH]cc([C@@H](C)N3CCNCC3)c2c1. The number of nitrogens with zero attached hydrogens (tertiary/aromatic N) is 1. The van der Waals surface area contributed by atoms with Crippen molar-refractivity contribution in [3.05, 3.63) is 30.0 Å². The van der Waals surface area contributed by atoms with Crippen LogP contribution in [0.4, 0.5) is 0 Å². The monoisotopic (exact) mass is 259 g/mol. The van der Waals surface area contributed by atoms with Gasteiger partial charge >= 0.3 is 0 Å². The minimum atomic E-state index is 0.433. The van der Waals surface area contributed by atoms with Crippen molar-refractivity contribution in [2.24, 2.45) is 0 Å². The highest BCUT2D eigenvalue weighted by molar-refractivity contribution is 5.85. The van der Waals surface area contributed by atoms with Crippen molar-refractivity contribution >= 4 is 10.9 Å². The Kier molecular flexibility index (Phi) is 3.44. The standard InChI is InChI=1S/C15H21N3O/c1-11(18-7-5-16-6-8-18)14-10-17-15-4-3-12(19-2)9-13(14)15/h3-4,9-11,16-17H,5-8H2,1-2H3/t11-/m1/s1. The maximum Gasteiger partial charge on any atom is 0.119 e. The lowest BCUT2D eigenvalue weighted by Crippen LogP contribution is -2.44. The molecule has 1 aromatic heterocycles. The maximum absolute atomic E-state index is 5.33. The van der Waals surface area contributed by atoms with E-state index in [1.807, 2.05) is 6.07 Å². The Hall–Kier alpha value is -1.52. The molecule has 2 aromatic rings. The van der Waals surface area contributed by atoms with Gasteiger partial charge in [-0.15, -0.1) is 0 Å². The average molecular weight is 259 g/mol. The average Bonchev–Trinajstić information content (AvgIpc) is 2.90. The third-order valence-corrected chi connectivity index (χ3v) is 4.07. The fourth-order valence-corrected chi connectivity index (χ4v) is 2.86. The number of hydrogen-bond donors (Lipinski definition) is 2. The molecule has 3 rings (SSSR count). The van der Waals surface area contributed by atoms with Crippen molar-refractivity contribution < 1.29 is 4.74 Å². The molecule has 1 aliphatic rings. The lowest BCUT2D eigenvalue weighted by molar-refractivity contribution is 0.186. The number of benzene rings is 1. The highest BCUT2D eigenvalue weighted by Crippen LogP contribution is 2.30. The zero-order valence-corrected chi connectivity index (χ0v) is 11.6. The molecule has 0 unspecified atom stereocenters. The molecular weight excluding hydrogens is 238 g/mol. The van der Waals surface area contributed by atoms with Crippen LogP contribution in [0.1, 0.15) is 18.5 Å². The van der Waals surface area contributed by atoms with Crippen molar-refractivity contribution in [1.82, 2.24) is 15.2 Å². The van der Waals surface area contributed by atoms with Crippen LogP contribution in [0.5, 0.6) is 5.75 Å². The Bertz CT molecular complexity index is 558. The van der Waals surface area contributed by atoms with Gasteiger partial charge in [-0.25, -0.2) is 0 Å². The van der Waals surface area contributed by atoms with Crippen LogP contribution in [0, 0.1) is 0 Å². The van der Waals surface area contributed by atoms with Crippen LogP contribution in [-0.4, -0.2) is 43.2 Å². The van der Waals surface area contributed by atoms with Gasteiger partial charge in [0.1, 0.15) is 5.75 Å². The molecule has 0 amide bonds. The largest absolute Gasteiger partial charge is 0.497 e. The summed E-state index contributed by atoms with van der Waals surface area (Å²) in [6.07, 6.45) is 2.14. The van der Waals surface area contributed by atoms with Gasteiger partial charge in [-0.3, -0.25) is 4.90 Å². The first-order valence-electron chi connectivity index (χ1n) is 6.89. The Morgan fingerprint density at radius 2 is 2.05 bits per heavy atom. The van der Waals surface area contributed by atoms with E-state index in [9.17, 15) is 0 Å². The first kappa shape index (κ1) is 12.5. The van der Waals surface area contributed by atoms with E-state index in [0.29, 0.717) is 6.04 Å². The Balaban J connectivity index is 1.94. The fourth-order valence-electron chi connectivity index (χ4n) is 2.86. The lowest BCUT2D eigenvalue weighted by atomic mass is 10.0. The first-order valence-corrected chi connectivity index (χ1v) is 6.89. The third kappa shape index (κ3) is 2.33. The summed E-state index contributed by atoms with van der Waals surface area (Å²) in [7, 11) is 1.72. The molecule has 1 aliphatic heterocycles. The number of H-pyrrole nitrogens is 1. The fraction of sp³-hybridized carbons (Fsp3) is 0.467. The normalized spacial score (nSPS) is 18.6. The van der Waals surface area contributed by atoms with Gasteiger partial charge in [0.25, 0.3) is 0 Å². The summed E-state index contributed by atoms with van der Waals surface area (Å²) in [5.41, 5.74) is 2.54. The van der Waals surface area contributed by atoms with Crippen LogP contribution < -0.4 is 10.1 Å². The summed E-state index contributed by atoms with van der Waals surface area (Å²) in [4.78, 5) is 5.89. The zero-order valence-electron chi connectivity index (χ0n) is 11.6. The molecular formula is C15H21N3O. The number of rotatable bonds is 3. The van der Waals surface area contributed by atoms with Crippen molar-refractivity contribution in [1.29, 1.82) is 0 Å². The van der Waals surface area contributed by atoms with Crippen molar-refractivity contribution in [2.45, 2.75) is 13.0 Å².